The molecule has 0 radical (unpaired) electrons. The van der Waals surface area contributed by atoms with E-state index in [2.05, 4.69) is 26.9 Å². The number of hydrogen-bond donors (Lipinski definition) is 0. The van der Waals surface area contributed by atoms with Gasteiger partial charge in [-0.2, -0.15) is 0 Å². The molecule has 5 aromatic rings. The average molecular weight is 473 g/mol. The van der Waals surface area contributed by atoms with Crippen LogP contribution in [0.4, 0.5) is 0 Å². The van der Waals surface area contributed by atoms with Crippen LogP contribution in [0.3, 0.4) is 0 Å². The molecule has 0 atom stereocenters. The van der Waals surface area contributed by atoms with E-state index in [1.54, 1.807) is 22.4 Å². The number of ether oxygens (including phenoxy) is 1. The highest BCUT2D eigenvalue weighted by Crippen LogP contribution is 2.25. The maximum Gasteiger partial charge on any atom is 0.419 e. The summed E-state index contributed by atoms with van der Waals surface area (Å²) in [5, 5.41) is 9.76. The number of hydrogen-bond acceptors (Lipinski definition) is 6. The monoisotopic (exact) mass is 472 g/mol. The number of rotatable bonds is 9. The number of nitrogens with zero attached hydrogens (tertiary/aromatic N) is 4. The third-order valence-electron chi connectivity index (χ3n) is 5.43. The van der Waals surface area contributed by atoms with E-state index in [-0.39, 0.29) is 5.76 Å². The van der Waals surface area contributed by atoms with E-state index in [0.29, 0.717) is 30.9 Å². The molecule has 2 heterocycles. The molecule has 0 aliphatic heterocycles. The zero-order chi connectivity index (χ0) is 23.3. The summed E-state index contributed by atoms with van der Waals surface area (Å²) in [6.45, 7) is 3.09. The highest BCUT2D eigenvalue weighted by atomic mass is 32.2. The Kier molecular flexibility index (Phi) is 6.49. The van der Waals surface area contributed by atoms with Crippen LogP contribution in [0.2, 0.25) is 0 Å². The number of para-hydroxylation sites is 2. The third-order valence-corrected chi connectivity index (χ3v) is 6.34. The highest BCUT2D eigenvalue weighted by Gasteiger charge is 2.16. The fourth-order valence-corrected chi connectivity index (χ4v) is 4.75. The van der Waals surface area contributed by atoms with Gasteiger partial charge < -0.3 is 9.15 Å². The van der Waals surface area contributed by atoms with Crippen LogP contribution < -0.4 is 10.5 Å². The summed E-state index contributed by atoms with van der Waals surface area (Å²) < 4.78 is 14.7. The van der Waals surface area contributed by atoms with Crippen LogP contribution in [0.25, 0.3) is 16.8 Å². The Morgan fingerprint density at radius 3 is 2.50 bits per heavy atom. The van der Waals surface area contributed by atoms with Gasteiger partial charge in [0.1, 0.15) is 11.6 Å². The maximum absolute atomic E-state index is 12.3. The van der Waals surface area contributed by atoms with Crippen molar-refractivity contribution in [3.63, 3.8) is 0 Å². The minimum atomic E-state index is -0.348. The van der Waals surface area contributed by atoms with Crippen LogP contribution >= 0.6 is 11.8 Å². The standard InChI is InChI=1S/C26H24N4O3S/c1-2-32-21-14-12-20(13-15-21)30-24(18-19-8-4-3-5-9-19)27-28-25(30)34-17-16-29-22-10-6-7-11-23(22)33-26(29)31/h3-15H,2,16-18H2,1H3. The maximum atomic E-state index is 12.3. The Bertz CT molecular complexity index is 1440. The van der Waals surface area contributed by atoms with Gasteiger partial charge in [0.2, 0.25) is 0 Å². The van der Waals surface area contributed by atoms with Crippen LogP contribution in [-0.2, 0) is 13.0 Å². The van der Waals surface area contributed by atoms with Crippen LogP contribution in [0.5, 0.6) is 5.75 Å². The molecule has 0 spiro atoms. The lowest BCUT2D eigenvalue weighted by atomic mass is 10.1. The van der Waals surface area contributed by atoms with E-state index >= 15 is 0 Å². The molecule has 34 heavy (non-hydrogen) atoms. The van der Waals surface area contributed by atoms with E-state index < -0.39 is 0 Å². The predicted octanol–water partition coefficient (Wildman–Crippen LogP) is 4.96. The van der Waals surface area contributed by atoms with Crippen LogP contribution in [-0.4, -0.2) is 31.7 Å². The van der Waals surface area contributed by atoms with Crippen molar-refractivity contribution in [2.24, 2.45) is 0 Å². The van der Waals surface area contributed by atoms with E-state index in [1.165, 1.54) is 0 Å². The summed E-state index contributed by atoms with van der Waals surface area (Å²) in [4.78, 5) is 12.3. The quantitative estimate of drug-likeness (QED) is 0.282. The molecule has 3 aromatic carbocycles. The van der Waals surface area contributed by atoms with Crippen LogP contribution in [0.15, 0.2) is 93.2 Å². The van der Waals surface area contributed by atoms with E-state index in [4.69, 9.17) is 9.15 Å². The molecule has 0 aliphatic rings. The summed E-state index contributed by atoms with van der Waals surface area (Å²) in [6.07, 6.45) is 0.660. The number of thioether (sulfide) groups is 1. The second-order valence-electron chi connectivity index (χ2n) is 7.66. The molecule has 0 bridgehead atoms. The van der Waals surface area contributed by atoms with Gasteiger partial charge in [0, 0.05) is 24.4 Å². The first kappa shape index (κ1) is 22.0. The van der Waals surface area contributed by atoms with Gasteiger partial charge in [-0.3, -0.25) is 9.13 Å². The topological polar surface area (TPSA) is 75.1 Å². The van der Waals surface area contributed by atoms with Gasteiger partial charge in [-0.15, -0.1) is 10.2 Å². The Morgan fingerprint density at radius 1 is 0.941 bits per heavy atom. The molecular weight excluding hydrogens is 448 g/mol. The van der Waals surface area contributed by atoms with Gasteiger partial charge in [-0.05, 0) is 48.9 Å². The molecule has 2 aromatic heterocycles. The number of aryl methyl sites for hydroxylation is 1. The minimum absolute atomic E-state index is 0.348. The molecule has 0 saturated heterocycles. The Morgan fingerprint density at radius 2 is 1.71 bits per heavy atom. The van der Waals surface area contributed by atoms with Gasteiger partial charge in [-0.1, -0.05) is 54.2 Å². The van der Waals surface area contributed by atoms with Crippen molar-refractivity contribution in [1.29, 1.82) is 0 Å². The Hall–Kier alpha value is -3.78. The largest absolute Gasteiger partial charge is 0.494 e. The fraction of sp³-hybridized carbons (Fsp3) is 0.192. The molecular formula is C26H24N4O3S. The normalized spacial score (nSPS) is 11.2. The van der Waals surface area contributed by atoms with Gasteiger partial charge in [-0.25, -0.2) is 4.79 Å². The molecule has 0 saturated carbocycles. The molecule has 5 rings (SSSR count). The van der Waals surface area contributed by atoms with Crippen molar-refractivity contribution >= 4 is 22.9 Å². The van der Waals surface area contributed by atoms with Crippen molar-refractivity contribution in [3.05, 3.63) is 101 Å². The van der Waals surface area contributed by atoms with E-state index in [0.717, 1.165) is 33.5 Å². The van der Waals surface area contributed by atoms with Gasteiger partial charge in [0.05, 0.1) is 12.1 Å². The summed E-state index contributed by atoms with van der Waals surface area (Å²) >= 11 is 1.56. The minimum Gasteiger partial charge on any atom is -0.494 e. The zero-order valence-electron chi connectivity index (χ0n) is 18.8. The number of aromatic nitrogens is 4. The predicted molar refractivity (Wildman–Crippen MR) is 133 cm³/mol. The molecule has 0 fully saturated rings. The summed E-state index contributed by atoms with van der Waals surface area (Å²) in [5.41, 5.74) is 3.52. The molecule has 0 N–H and O–H groups in total. The molecule has 8 heteroatoms. The second-order valence-corrected chi connectivity index (χ2v) is 8.72. The fourth-order valence-electron chi connectivity index (χ4n) is 3.86. The molecule has 0 amide bonds. The second kappa shape index (κ2) is 10.0. The van der Waals surface area contributed by atoms with Crippen molar-refractivity contribution in [1.82, 2.24) is 19.3 Å². The van der Waals surface area contributed by atoms with Crippen LogP contribution in [0, 0.1) is 0 Å². The SMILES string of the molecule is CCOc1ccc(-n2c(Cc3ccccc3)nnc2SCCn2c(=O)oc3ccccc32)cc1. The number of oxazole rings is 1. The lowest BCUT2D eigenvalue weighted by Gasteiger charge is -2.12. The van der Waals surface area contributed by atoms with Crippen molar-refractivity contribution in [3.8, 4) is 11.4 Å². The molecule has 172 valence electrons. The first-order valence-electron chi connectivity index (χ1n) is 11.2. The van der Waals surface area contributed by atoms with Gasteiger partial charge in [0.25, 0.3) is 0 Å². The van der Waals surface area contributed by atoms with Crippen molar-refractivity contribution < 1.29 is 9.15 Å². The number of fused-ring (bicyclic) bond motifs is 1. The first-order chi connectivity index (χ1) is 16.7. The number of benzene rings is 3. The van der Waals surface area contributed by atoms with Crippen LogP contribution in [0.1, 0.15) is 18.3 Å². The van der Waals surface area contributed by atoms with Crippen molar-refractivity contribution in [2.45, 2.75) is 25.0 Å². The lowest BCUT2D eigenvalue weighted by Crippen LogP contribution is -2.15. The summed E-state index contributed by atoms with van der Waals surface area (Å²) in [7, 11) is 0. The third kappa shape index (κ3) is 4.63. The highest BCUT2D eigenvalue weighted by molar-refractivity contribution is 7.99. The Balaban J connectivity index is 1.41. The van der Waals surface area contributed by atoms with Gasteiger partial charge >= 0.3 is 5.76 Å². The summed E-state index contributed by atoms with van der Waals surface area (Å²) in [6, 6.07) is 25.6. The molecule has 0 unspecified atom stereocenters. The molecule has 7 nitrogen and oxygen atoms in total. The lowest BCUT2D eigenvalue weighted by molar-refractivity contribution is 0.340. The van der Waals surface area contributed by atoms with Crippen molar-refractivity contribution in [2.75, 3.05) is 12.4 Å². The Labute approximate surface area is 201 Å². The molecule has 0 aliphatic carbocycles. The average Bonchev–Trinajstić information content (AvgIpc) is 3.40. The summed E-state index contributed by atoms with van der Waals surface area (Å²) in [5.74, 6) is 1.97. The first-order valence-corrected chi connectivity index (χ1v) is 12.1. The van der Waals surface area contributed by atoms with Gasteiger partial charge in [0.15, 0.2) is 10.7 Å². The smallest absolute Gasteiger partial charge is 0.419 e. The zero-order valence-corrected chi connectivity index (χ0v) is 19.6. The van der Waals surface area contributed by atoms with E-state index in [9.17, 15) is 4.79 Å². The van der Waals surface area contributed by atoms with E-state index in [1.807, 2.05) is 67.6 Å².